The molecule has 2 aliphatic rings. The Morgan fingerprint density at radius 2 is 1.85 bits per heavy atom. The third-order valence-corrected chi connectivity index (χ3v) is 4.57. The standard InChI is InChI=1S/C15H28N4O/c1-4-17-9-10-20-14(11-17)12-18-5-7-19(8-6-18)15(2,3)13-16/h14H,4-12H2,1-3H3. The molecule has 0 amide bonds. The summed E-state index contributed by atoms with van der Waals surface area (Å²) in [6.07, 6.45) is 0.347. The van der Waals surface area contributed by atoms with Crippen LogP contribution in [-0.2, 0) is 4.74 Å². The number of ether oxygens (including phenoxy) is 1. The van der Waals surface area contributed by atoms with E-state index in [-0.39, 0.29) is 5.54 Å². The summed E-state index contributed by atoms with van der Waals surface area (Å²) >= 11 is 0. The first-order chi connectivity index (χ1) is 9.55. The molecule has 2 aliphatic heterocycles. The van der Waals surface area contributed by atoms with E-state index in [2.05, 4.69) is 27.7 Å². The van der Waals surface area contributed by atoms with Gasteiger partial charge in [-0.1, -0.05) is 6.92 Å². The Morgan fingerprint density at radius 3 is 2.45 bits per heavy atom. The van der Waals surface area contributed by atoms with Crippen LogP contribution in [0.2, 0.25) is 0 Å². The number of piperazine rings is 1. The topological polar surface area (TPSA) is 42.7 Å². The molecule has 0 aliphatic carbocycles. The van der Waals surface area contributed by atoms with Crippen molar-refractivity contribution in [2.24, 2.45) is 0 Å². The Balaban J connectivity index is 1.76. The van der Waals surface area contributed by atoms with Crippen molar-refractivity contribution >= 4 is 0 Å². The van der Waals surface area contributed by atoms with E-state index in [0.29, 0.717) is 6.10 Å². The van der Waals surface area contributed by atoms with Crippen LogP contribution in [-0.4, -0.2) is 85.3 Å². The molecule has 1 unspecified atom stereocenters. The molecule has 5 nitrogen and oxygen atoms in total. The smallest absolute Gasteiger partial charge is 0.103 e. The highest BCUT2D eigenvalue weighted by molar-refractivity contribution is 5.02. The van der Waals surface area contributed by atoms with Crippen molar-refractivity contribution in [3.05, 3.63) is 0 Å². The molecule has 5 heteroatoms. The third kappa shape index (κ3) is 3.92. The van der Waals surface area contributed by atoms with Gasteiger partial charge in [-0.25, -0.2) is 0 Å². The fourth-order valence-electron chi connectivity index (χ4n) is 3.03. The average Bonchev–Trinajstić information content (AvgIpc) is 2.48. The molecule has 0 bridgehead atoms. The first-order valence-electron chi connectivity index (χ1n) is 7.78. The van der Waals surface area contributed by atoms with Gasteiger partial charge < -0.3 is 4.74 Å². The molecule has 2 heterocycles. The largest absolute Gasteiger partial charge is 0.374 e. The third-order valence-electron chi connectivity index (χ3n) is 4.57. The summed E-state index contributed by atoms with van der Waals surface area (Å²) in [6.45, 7) is 15.4. The highest BCUT2D eigenvalue weighted by Crippen LogP contribution is 2.16. The van der Waals surface area contributed by atoms with Crippen molar-refractivity contribution in [1.29, 1.82) is 5.26 Å². The first-order valence-corrected chi connectivity index (χ1v) is 7.78. The van der Waals surface area contributed by atoms with Gasteiger partial charge in [-0.2, -0.15) is 5.26 Å². The zero-order valence-electron chi connectivity index (χ0n) is 13.1. The molecule has 1 atom stereocenters. The summed E-state index contributed by atoms with van der Waals surface area (Å²) in [7, 11) is 0. The second kappa shape index (κ2) is 6.86. The highest BCUT2D eigenvalue weighted by atomic mass is 16.5. The maximum atomic E-state index is 9.20. The van der Waals surface area contributed by atoms with Crippen molar-refractivity contribution in [3.63, 3.8) is 0 Å². The van der Waals surface area contributed by atoms with Crippen LogP contribution < -0.4 is 0 Å². The van der Waals surface area contributed by atoms with E-state index in [1.807, 2.05) is 13.8 Å². The monoisotopic (exact) mass is 280 g/mol. The molecule has 2 fully saturated rings. The molecule has 0 aromatic rings. The van der Waals surface area contributed by atoms with E-state index >= 15 is 0 Å². The Morgan fingerprint density at radius 1 is 1.15 bits per heavy atom. The molecule has 0 radical (unpaired) electrons. The lowest BCUT2D eigenvalue weighted by Gasteiger charge is -2.42. The van der Waals surface area contributed by atoms with E-state index in [1.54, 1.807) is 0 Å². The summed E-state index contributed by atoms with van der Waals surface area (Å²) in [5.41, 5.74) is -0.341. The fraction of sp³-hybridized carbons (Fsp3) is 0.933. The summed E-state index contributed by atoms with van der Waals surface area (Å²) in [6, 6.07) is 2.40. The molecule has 0 N–H and O–H groups in total. The van der Waals surface area contributed by atoms with Crippen molar-refractivity contribution < 1.29 is 4.74 Å². The highest BCUT2D eigenvalue weighted by Gasteiger charge is 2.31. The summed E-state index contributed by atoms with van der Waals surface area (Å²) in [5.74, 6) is 0. The quantitative estimate of drug-likeness (QED) is 0.755. The van der Waals surface area contributed by atoms with E-state index in [4.69, 9.17) is 4.74 Å². The Labute approximate surface area is 123 Å². The molecule has 0 aromatic heterocycles. The molecule has 2 rings (SSSR count). The predicted octanol–water partition coefficient (Wildman–Crippen LogP) is 0.627. The minimum Gasteiger partial charge on any atom is -0.374 e. The molecule has 0 saturated carbocycles. The predicted molar refractivity (Wildman–Crippen MR) is 79.6 cm³/mol. The second-order valence-corrected chi connectivity index (χ2v) is 6.34. The van der Waals surface area contributed by atoms with E-state index < -0.39 is 0 Å². The normalized spacial score (nSPS) is 27.4. The minimum atomic E-state index is -0.341. The van der Waals surface area contributed by atoms with Gasteiger partial charge in [0.05, 0.1) is 18.8 Å². The first kappa shape index (κ1) is 15.7. The minimum absolute atomic E-state index is 0.341. The fourth-order valence-corrected chi connectivity index (χ4v) is 3.03. The number of likely N-dealkylation sites (N-methyl/N-ethyl adjacent to an activating group) is 1. The molecule has 20 heavy (non-hydrogen) atoms. The Hall–Kier alpha value is -0.670. The second-order valence-electron chi connectivity index (χ2n) is 6.34. The van der Waals surface area contributed by atoms with Crippen LogP contribution in [0.5, 0.6) is 0 Å². The van der Waals surface area contributed by atoms with E-state index in [1.165, 1.54) is 0 Å². The van der Waals surface area contributed by atoms with Crippen molar-refractivity contribution in [3.8, 4) is 6.07 Å². The van der Waals surface area contributed by atoms with E-state index in [0.717, 1.165) is 59.0 Å². The molecular weight excluding hydrogens is 252 g/mol. The van der Waals surface area contributed by atoms with Gasteiger partial charge in [0.25, 0.3) is 0 Å². The Kier molecular flexibility index (Phi) is 5.39. The molecule has 2 saturated heterocycles. The maximum absolute atomic E-state index is 9.20. The van der Waals surface area contributed by atoms with Gasteiger partial charge in [-0.3, -0.25) is 14.7 Å². The summed E-state index contributed by atoms with van der Waals surface area (Å²) in [5, 5.41) is 9.20. The van der Waals surface area contributed by atoms with Gasteiger partial charge in [0.2, 0.25) is 0 Å². The molecule has 0 spiro atoms. The maximum Gasteiger partial charge on any atom is 0.103 e. The summed E-state index contributed by atoms with van der Waals surface area (Å²) in [4.78, 5) is 7.22. The van der Waals surface area contributed by atoms with Gasteiger partial charge in [0, 0.05) is 45.8 Å². The molecular formula is C15H28N4O. The van der Waals surface area contributed by atoms with Gasteiger partial charge in [0.1, 0.15) is 5.54 Å². The van der Waals surface area contributed by atoms with Gasteiger partial charge in [-0.05, 0) is 20.4 Å². The zero-order chi connectivity index (χ0) is 14.6. The lowest BCUT2D eigenvalue weighted by atomic mass is 10.0. The number of hydrogen-bond donors (Lipinski definition) is 0. The van der Waals surface area contributed by atoms with E-state index in [9.17, 15) is 5.26 Å². The van der Waals surface area contributed by atoms with Gasteiger partial charge in [0.15, 0.2) is 0 Å². The summed E-state index contributed by atoms with van der Waals surface area (Å²) < 4.78 is 5.88. The van der Waals surface area contributed by atoms with Crippen LogP contribution >= 0.6 is 0 Å². The number of rotatable bonds is 4. The lowest BCUT2D eigenvalue weighted by Crippen LogP contribution is -2.56. The lowest BCUT2D eigenvalue weighted by molar-refractivity contribution is -0.0491. The SMILES string of the molecule is CCN1CCOC(CN2CCN(C(C)(C)C#N)CC2)C1. The molecule has 0 aromatic carbocycles. The number of nitrogens with zero attached hydrogens (tertiary/aromatic N) is 4. The molecule has 114 valence electrons. The van der Waals surface area contributed by atoms with Crippen LogP contribution in [0.1, 0.15) is 20.8 Å². The van der Waals surface area contributed by atoms with Crippen molar-refractivity contribution in [2.45, 2.75) is 32.4 Å². The van der Waals surface area contributed by atoms with Crippen LogP contribution in [0, 0.1) is 11.3 Å². The van der Waals surface area contributed by atoms with Crippen molar-refractivity contribution in [1.82, 2.24) is 14.7 Å². The number of morpholine rings is 1. The number of hydrogen-bond acceptors (Lipinski definition) is 5. The van der Waals surface area contributed by atoms with Gasteiger partial charge in [-0.15, -0.1) is 0 Å². The zero-order valence-corrected chi connectivity index (χ0v) is 13.1. The van der Waals surface area contributed by atoms with Crippen LogP contribution in [0.15, 0.2) is 0 Å². The van der Waals surface area contributed by atoms with Gasteiger partial charge >= 0.3 is 0 Å². The van der Waals surface area contributed by atoms with Crippen LogP contribution in [0.3, 0.4) is 0 Å². The number of nitriles is 1. The Bertz CT molecular complexity index is 344. The average molecular weight is 280 g/mol. The van der Waals surface area contributed by atoms with Crippen LogP contribution in [0.25, 0.3) is 0 Å². The van der Waals surface area contributed by atoms with Crippen LogP contribution in [0.4, 0.5) is 0 Å². The van der Waals surface area contributed by atoms with Crippen molar-refractivity contribution in [2.75, 3.05) is 59.0 Å².